The summed E-state index contributed by atoms with van der Waals surface area (Å²) in [5, 5.41) is 1.59. The smallest absolute Gasteiger partial charge is 0.119 e. The van der Waals surface area contributed by atoms with Crippen molar-refractivity contribution in [2.24, 2.45) is 0 Å². The Morgan fingerprint density at radius 3 is 1.63 bits per heavy atom. The third-order valence-electron chi connectivity index (χ3n) is 3.74. The minimum Gasteiger partial charge on any atom is -0.497 e. The molecule has 19 heavy (non-hydrogen) atoms. The van der Waals surface area contributed by atoms with Crippen molar-refractivity contribution in [3.05, 3.63) is 29.9 Å². The number of methoxy groups -OCH3 is 1. The van der Waals surface area contributed by atoms with Crippen LogP contribution in [0, 0.1) is 5.62 Å². The minimum absolute atomic E-state index is 0.127. The Morgan fingerprint density at radius 2 is 1.37 bits per heavy atom. The van der Waals surface area contributed by atoms with Gasteiger partial charge >= 0.3 is 0 Å². The highest BCUT2D eigenvalue weighted by Crippen LogP contribution is 2.78. The van der Waals surface area contributed by atoms with Crippen molar-refractivity contribution < 1.29 is 4.74 Å². The van der Waals surface area contributed by atoms with Crippen LogP contribution in [0.5, 0.6) is 5.75 Å². The van der Waals surface area contributed by atoms with E-state index in [0.717, 1.165) is 5.75 Å². The number of hydrogen-bond acceptors (Lipinski definition) is 1. The molecule has 0 unspecified atom stereocenters. The van der Waals surface area contributed by atoms with Crippen LogP contribution >= 0.6 is 18.9 Å². The molecule has 0 radical (unpaired) electrons. The lowest BCUT2D eigenvalue weighted by molar-refractivity contribution is 0.415. The molecule has 0 saturated heterocycles. The van der Waals surface area contributed by atoms with Gasteiger partial charge in [-0.1, -0.05) is 12.9 Å². The van der Waals surface area contributed by atoms with E-state index in [1.165, 1.54) is 5.30 Å². The van der Waals surface area contributed by atoms with Gasteiger partial charge in [0, 0.05) is 0 Å². The molecule has 0 spiro atoms. The maximum atomic E-state index is 6.39. The first-order valence-corrected chi connectivity index (χ1v) is 8.88. The van der Waals surface area contributed by atoms with Crippen molar-refractivity contribution in [3.63, 3.8) is 0 Å². The van der Waals surface area contributed by atoms with Crippen molar-refractivity contribution in [1.29, 1.82) is 0 Å². The predicted molar refractivity (Wildman–Crippen MR) is 89.2 cm³/mol. The lowest BCUT2D eigenvalue weighted by Gasteiger charge is -2.52. The van der Waals surface area contributed by atoms with Gasteiger partial charge in [-0.05, 0) is 65.8 Å². The standard InChI is InChI=1S/C16H26ClOP/c1-15(2,3)19(12-17,16(4,5)6)14-10-8-13(18-7)9-11-14/h8-12H,1-7H3. The van der Waals surface area contributed by atoms with Crippen LogP contribution in [0.3, 0.4) is 0 Å². The Labute approximate surface area is 124 Å². The van der Waals surface area contributed by atoms with E-state index in [4.69, 9.17) is 16.3 Å². The van der Waals surface area contributed by atoms with Crippen LogP contribution in [0.25, 0.3) is 0 Å². The normalized spacial score (nSPS) is 13.5. The van der Waals surface area contributed by atoms with Gasteiger partial charge in [-0.2, -0.15) is 0 Å². The average Bonchev–Trinajstić information content (AvgIpc) is 2.27. The van der Waals surface area contributed by atoms with Gasteiger partial charge in [-0.15, -0.1) is 0 Å². The van der Waals surface area contributed by atoms with Crippen LogP contribution in [-0.4, -0.2) is 17.4 Å². The zero-order valence-electron chi connectivity index (χ0n) is 13.1. The molecule has 0 N–H and O–H groups in total. The molecule has 3 heteroatoms. The van der Waals surface area contributed by atoms with E-state index < -0.39 is 7.26 Å². The molecule has 0 heterocycles. The Bertz CT molecular complexity index is 398. The minimum atomic E-state index is -1.64. The van der Waals surface area contributed by atoms with Crippen LogP contribution in [0.15, 0.2) is 24.3 Å². The van der Waals surface area contributed by atoms with Crippen LogP contribution in [0.4, 0.5) is 0 Å². The van der Waals surface area contributed by atoms with Gasteiger partial charge in [0.05, 0.1) is 22.7 Å². The highest BCUT2D eigenvalue weighted by atomic mass is 35.5. The highest BCUT2D eigenvalue weighted by molar-refractivity contribution is 7.88. The maximum absolute atomic E-state index is 6.39. The molecule has 0 aliphatic rings. The van der Waals surface area contributed by atoms with Gasteiger partial charge in [0.25, 0.3) is 0 Å². The fourth-order valence-corrected chi connectivity index (χ4v) is 9.92. The van der Waals surface area contributed by atoms with E-state index in [1.807, 2.05) is 17.8 Å². The van der Waals surface area contributed by atoms with E-state index in [-0.39, 0.29) is 10.3 Å². The second-order valence-electron chi connectivity index (χ2n) is 6.86. The third-order valence-corrected chi connectivity index (χ3v) is 10.3. The van der Waals surface area contributed by atoms with Crippen molar-refractivity contribution in [2.75, 3.05) is 7.11 Å². The molecule has 0 bridgehead atoms. The Balaban J connectivity index is 3.46. The van der Waals surface area contributed by atoms with Crippen LogP contribution in [0.2, 0.25) is 0 Å². The van der Waals surface area contributed by atoms with Gasteiger partial charge in [0.15, 0.2) is 0 Å². The Kier molecular flexibility index (Phi) is 4.97. The number of hydrogen-bond donors (Lipinski definition) is 0. The topological polar surface area (TPSA) is 9.23 Å². The molecule has 1 aromatic carbocycles. The van der Waals surface area contributed by atoms with Crippen LogP contribution < -0.4 is 10.0 Å². The second-order valence-corrected chi connectivity index (χ2v) is 12.3. The summed E-state index contributed by atoms with van der Waals surface area (Å²) in [5.74, 6) is 0.888. The number of rotatable bonds is 3. The van der Waals surface area contributed by atoms with E-state index in [2.05, 4.69) is 53.7 Å². The molecule has 1 aromatic rings. The summed E-state index contributed by atoms with van der Waals surface area (Å²) in [4.78, 5) is 0. The quantitative estimate of drug-likeness (QED) is 0.544. The monoisotopic (exact) mass is 300 g/mol. The maximum Gasteiger partial charge on any atom is 0.119 e. The summed E-state index contributed by atoms with van der Waals surface area (Å²) in [6.45, 7) is 13.7. The van der Waals surface area contributed by atoms with Gasteiger partial charge in [-0.3, -0.25) is 0 Å². The van der Waals surface area contributed by atoms with Crippen molar-refractivity contribution in [2.45, 2.75) is 51.9 Å². The summed E-state index contributed by atoms with van der Waals surface area (Å²) >= 11 is 6.39. The Hall–Kier alpha value is -0.260. The first-order chi connectivity index (χ1) is 8.60. The molecule has 0 fully saturated rings. The van der Waals surface area contributed by atoms with Crippen molar-refractivity contribution in [1.82, 2.24) is 0 Å². The van der Waals surface area contributed by atoms with Gasteiger partial charge in [0.1, 0.15) is 5.75 Å². The zero-order valence-corrected chi connectivity index (χ0v) is 14.8. The molecule has 0 aromatic heterocycles. The molecular weight excluding hydrogens is 275 g/mol. The van der Waals surface area contributed by atoms with Gasteiger partial charge in [0.2, 0.25) is 0 Å². The van der Waals surface area contributed by atoms with E-state index in [9.17, 15) is 0 Å². The summed E-state index contributed by atoms with van der Waals surface area (Å²) in [6, 6.07) is 8.40. The SMILES string of the molecule is COc1ccc([P+]([CH-]Cl)(C(C)(C)C)C(C)(C)C)cc1. The van der Waals surface area contributed by atoms with Crippen molar-refractivity contribution >= 4 is 24.2 Å². The average molecular weight is 301 g/mol. The Morgan fingerprint density at radius 1 is 0.947 bits per heavy atom. The van der Waals surface area contributed by atoms with Crippen molar-refractivity contribution in [3.8, 4) is 5.75 Å². The first kappa shape index (κ1) is 16.8. The summed E-state index contributed by atoms with van der Waals surface area (Å²) in [6.07, 6.45) is 0. The molecule has 0 amide bonds. The fraction of sp³-hybridized carbons (Fsp3) is 0.562. The molecule has 1 rings (SSSR count). The molecule has 0 aliphatic heterocycles. The number of ether oxygens (including phenoxy) is 1. The fourth-order valence-electron chi connectivity index (χ4n) is 2.95. The molecule has 0 aliphatic carbocycles. The highest BCUT2D eigenvalue weighted by Gasteiger charge is 2.52. The molecule has 0 saturated carbocycles. The van der Waals surface area contributed by atoms with E-state index in [1.54, 1.807) is 7.11 Å². The van der Waals surface area contributed by atoms with E-state index >= 15 is 0 Å². The zero-order chi connectivity index (χ0) is 14.9. The number of benzene rings is 1. The number of halogens is 1. The summed E-state index contributed by atoms with van der Waals surface area (Å²) in [7, 11) is 0.0505. The van der Waals surface area contributed by atoms with Gasteiger partial charge in [-0.25, -0.2) is 0 Å². The van der Waals surface area contributed by atoms with Crippen LogP contribution in [-0.2, 0) is 0 Å². The van der Waals surface area contributed by atoms with Gasteiger partial charge < -0.3 is 16.3 Å². The lowest BCUT2D eigenvalue weighted by atomic mass is 10.2. The molecule has 108 valence electrons. The summed E-state index contributed by atoms with van der Waals surface area (Å²) < 4.78 is 5.26. The third kappa shape index (κ3) is 2.93. The molecule has 1 nitrogen and oxygen atoms in total. The summed E-state index contributed by atoms with van der Waals surface area (Å²) in [5.41, 5.74) is 1.95. The first-order valence-electron chi connectivity index (χ1n) is 6.58. The second kappa shape index (κ2) is 5.62. The molecular formula is C16H26ClOP. The van der Waals surface area contributed by atoms with E-state index in [0.29, 0.717) is 0 Å². The lowest BCUT2D eigenvalue weighted by Crippen LogP contribution is -2.39. The van der Waals surface area contributed by atoms with Crippen LogP contribution in [0.1, 0.15) is 41.5 Å². The molecule has 0 atom stereocenters. The predicted octanol–water partition coefficient (Wildman–Crippen LogP) is 5.29. The largest absolute Gasteiger partial charge is 0.497 e.